The predicted molar refractivity (Wildman–Crippen MR) is 69.1 cm³/mol. The molecule has 1 aromatic rings. The molecule has 1 aliphatic heterocycles. The van der Waals surface area contributed by atoms with Crippen LogP contribution in [0.15, 0.2) is 18.2 Å². The molecule has 92 valence electrons. The molecule has 1 saturated heterocycles. The van der Waals surface area contributed by atoms with Crippen LogP contribution in [0.4, 0.5) is 5.69 Å². The average molecular weight is 232 g/mol. The van der Waals surface area contributed by atoms with Crippen molar-refractivity contribution in [3.8, 4) is 0 Å². The van der Waals surface area contributed by atoms with Crippen LogP contribution in [0.5, 0.6) is 0 Å². The third-order valence-corrected chi connectivity index (χ3v) is 3.93. The largest absolute Gasteiger partial charge is 0.399 e. The summed E-state index contributed by atoms with van der Waals surface area (Å²) in [5.74, 6) is 0.548. The Labute approximate surface area is 102 Å². The van der Waals surface area contributed by atoms with Crippen molar-refractivity contribution in [2.45, 2.75) is 31.3 Å². The summed E-state index contributed by atoms with van der Waals surface area (Å²) in [6.45, 7) is 2.80. The number of morpholine rings is 1. The minimum atomic E-state index is 0.339. The van der Waals surface area contributed by atoms with E-state index in [1.165, 1.54) is 24.0 Å². The molecule has 0 saturated carbocycles. The molecule has 3 nitrogen and oxygen atoms in total. The number of fused-ring (bicyclic) bond motifs is 1. The van der Waals surface area contributed by atoms with Crippen molar-refractivity contribution in [2.75, 3.05) is 25.4 Å². The van der Waals surface area contributed by atoms with Gasteiger partial charge in [0.2, 0.25) is 0 Å². The van der Waals surface area contributed by atoms with E-state index in [4.69, 9.17) is 10.5 Å². The molecule has 3 N–H and O–H groups in total. The summed E-state index contributed by atoms with van der Waals surface area (Å²) in [6, 6.07) is 6.36. The molecule has 2 atom stereocenters. The lowest BCUT2D eigenvalue weighted by Crippen LogP contribution is -2.42. The van der Waals surface area contributed by atoms with Crippen molar-refractivity contribution >= 4 is 5.69 Å². The molecule has 0 aromatic heterocycles. The van der Waals surface area contributed by atoms with Gasteiger partial charge in [-0.2, -0.15) is 0 Å². The Kier molecular flexibility index (Phi) is 3.04. The molecule has 0 bridgehead atoms. The maximum atomic E-state index is 5.91. The van der Waals surface area contributed by atoms with Gasteiger partial charge in [-0.05, 0) is 42.5 Å². The smallest absolute Gasteiger partial charge is 0.0768 e. The highest BCUT2D eigenvalue weighted by Gasteiger charge is 2.29. The molecule has 1 aromatic carbocycles. The first-order valence-electron chi connectivity index (χ1n) is 6.55. The molecule has 1 aliphatic carbocycles. The van der Waals surface area contributed by atoms with Crippen molar-refractivity contribution < 1.29 is 4.74 Å². The van der Waals surface area contributed by atoms with Gasteiger partial charge < -0.3 is 15.8 Å². The summed E-state index contributed by atoms with van der Waals surface area (Å²) >= 11 is 0. The van der Waals surface area contributed by atoms with E-state index in [0.29, 0.717) is 12.0 Å². The van der Waals surface area contributed by atoms with Crippen molar-refractivity contribution in [3.05, 3.63) is 29.3 Å². The van der Waals surface area contributed by atoms with Crippen LogP contribution in [-0.4, -0.2) is 25.8 Å². The van der Waals surface area contributed by atoms with E-state index >= 15 is 0 Å². The lowest BCUT2D eigenvalue weighted by molar-refractivity contribution is 0.00760. The van der Waals surface area contributed by atoms with Crippen molar-refractivity contribution in [1.82, 2.24) is 5.32 Å². The fraction of sp³-hybridized carbons (Fsp3) is 0.571. The number of rotatable bonds is 1. The van der Waals surface area contributed by atoms with E-state index < -0.39 is 0 Å². The second kappa shape index (κ2) is 4.67. The predicted octanol–water partition coefficient (Wildman–Crippen LogP) is 1.68. The third kappa shape index (κ3) is 2.17. The molecule has 17 heavy (non-hydrogen) atoms. The van der Waals surface area contributed by atoms with E-state index in [1.54, 1.807) is 0 Å². The van der Waals surface area contributed by atoms with Crippen LogP contribution in [0.1, 0.15) is 29.9 Å². The number of benzene rings is 1. The molecule has 0 radical (unpaired) electrons. The van der Waals surface area contributed by atoms with E-state index in [9.17, 15) is 0 Å². The van der Waals surface area contributed by atoms with Crippen LogP contribution in [0.2, 0.25) is 0 Å². The minimum Gasteiger partial charge on any atom is -0.399 e. The zero-order valence-corrected chi connectivity index (χ0v) is 10.1. The Morgan fingerprint density at radius 1 is 1.35 bits per heavy atom. The molecule has 1 fully saturated rings. The highest BCUT2D eigenvalue weighted by atomic mass is 16.5. The van der Waals surface area contributed by atoms with Crippen LogP contribution in [0, 0.1) is 0 Å². The van der Waals surface area contributed by atoms with Crippen molar-refractivity contribution in [2.24, 2.45) is 0 Å². The number of anilines is 1. The number of nitrogen functional groups attached to an aromatic ring is 1. The van der Waals surface area contributed by atoms with Gasteiger partial charge in [0.1, 0.15) is 0 Å². The van der Waals surface area contributed by atoms with Gasteiger partial charge in [-0.1, -0.05) is 6.07 Å². The first-order chi connectivity index (χ1) is 8.34. The maximum absolute atomic E-state index is 5.91. The van der Waals surface area contributed by atoms with Gasteiger partial charge >= 0.3 is 0 Å². The molecule has 3 heteroatoms. The summed E-state index contributed by atoms with van der Waals surface area (Å²) in [6.07, 6.45) is 3.99. The second-order valence-corrected chi connectivity index (χ2v) is 5.07. The molecule has 0 amide bonds. The molecule has 2 aliphatic rings. The quantitative estimate of drug-likeness (QED) is 0.724. The van der Waals surface area contributed by atoms with Crippen LogP contribution < -0.4 is 11.1 Å². The summed E-state index contributed by atoms with van der Waals surface area (Å²) in [7, 11) is 0. The van der Waals surface area contributed by atoms with Crippen molar-refractivity contribution in [1.29, 1.82) is 0 Å². The van der Waals surface area contributed by atoms with Gasteiger partial charge in [0.05, 0.1) is 12.7 Å². The molecular weight excluding hydrogens is 212 g/mol. The van der Waals surface area contributed by atoms with Gasteiger partial charge in [0.25, 0.3) is 0 Å². The fourth-order valence-electron chi connectivity index (χ4n) is 3.10. The summed E-state index contributed by atoms with van der Waals surface area (Å²) in [4.78, 5) is 0. The summed E-state index contributed by atoms with van der Waals surface area (Å²) in [5.41, 5.74) is 9.63. The Bertz CT molecular complexity index is 399. The Morgan fingerprint density at radius 3 is 3.12 bits per heavy atom. The molecular formula is C14H20N2O. The SMILES string of the molecule is Nc1ccc2c(c1)CCCC2C1CNCCO1. The number of hydrogen-bond donors (Lipinski definition) is 2. The third-order valence-electron chi connectivity index (χ3n) is 3.93. The number of aryl methyl sites for hydroxylation is 1. The number of ether oxygens (including phenoxy) is 1. The molecule has 0 spiro atoms. The van der Waals surface area contributed by atoms with Gasteiger partial charge in [0.15, 0.2) is 0 Å². The van der Waals surface area contributed by atoms with Crippen LogP contribution in [-0.2, 0) is 11.2 Å². The zero-order chi connectivity index (χ0) is 11.7. The van der Waals surface area contributed by atoms with E-state index in [1.807, 2.05) is 6.07 Å². The average Bonchev–Trinajstić information content (AvgIpc) is 2.39. The van der Waals surface area contributed by atoms with E-state index in [-0.39, 0.29) is 0 Å². The zero-order valence-electron chi connectivity index (χ0n) is 10.1. The van der Waals surface area contributed by atoms with Gasteiger partial charge in [0, 0.05) is 24.7 Å². The molecule has 3 rings (SSSR count). The molecule has 1 heterocycles. The Morgan fingerprint density at radius 2 is 2.29 bits per heavy atom. The first kappa shape index (κ1) is 11.1. The number of nitrogens with two attached hydrogens (primary N) is 1. The maximum Gasteiger partial charge on any atom is 0.0768 e. The van der Waals surface area contributed by atoms with Gasteiger partial charge in [-0.25, -0.2) is 0 Å². The van der Waals surface area contributed by atoms with Crippen LogP contribution in [0.3, 0.4) is 0 Å². The lowest BCUT2D eigenvalue weighted by atomic mass is 9.79. The van der Waals surface area contributed by atoms with Crippen molar-refractivity contribution in [3.63, 3.8) is 0 Å². The summed E-state index contributed by atoms with van der Waals surface area (Å²) in [5, 5.41) is 3.42. The fourth-order valence-corrected chi connectivity index (χ4v) is 3.10. The lowest BCUT2D eigenvalue weighted by Gasteiger charge is -2.35. The summed E-state index contributed by atoms with van der Waals surface area (Å²) < 4.78 is 5.91. The highest BCUT2D eigenvalue weighted by Crippen LogP contribution is 2.36. The first-order valence-corrected chi connectivity index (χ1v) is 6.55. The monoisotopic (exact) mass is 232 g/mol. The van der Waals surface area contributed by atoms with Crippen LogP contribution >= 0.6 is 0 Å². The van der Waals surface area contributed by atoms with Crippen LogP contribution in [0.25, 0.3) is 0 Å². The number of hydrogen-bond acceptors (Lipinski definition) is 3. The Hall–Kier alpha value is -1.06. The standard InChI is InChI=1S/C14H20N2O/c15-11-4-5-12-10(8-11)2-1-3-13(12)14-9-16-6-7-17-14/h4-5,8,13-14,16H,1-3,6-7,9,15H2. The number of nitrogens with one attached hydrogen (secondary N) is 1. The van der Waals surface area contributed by atoms with E-state index in [2.05, 4.69) is 17.4 Å². The van der Waals surface area contributed by atoms with Gasteiger partial charge in [-0.15, -0.1) is 0 Å². The van der Waals surface area contributed by atoms with Gasteiger partial charge in [-0.3, -0.25) is 0 Å². The highest BCUT2D eigenvalue weighted by molar-refractivity contribution is 5.47. The normalized spacial score (nSPS) is 28.7. The van der Waals surface area contributed by atoms with E-state index in [0.717, 1.165) is 31.8 Å². The minimum absolute atomic E-state index is 0.339. The topological polar surface area (TPSA) is 47.3 Å². The Balaban J connectivity index is 1.88. The molecule has 2 unspecified atom stereocenters. The second-order valence-electron chi connectivity index (χ2n) is 5.07.